The standard InChI is InChI=1S/C16H17N3O/c1-2-10-17-14-8-9-15(18-12-14)19-16(20)11-13-6-4-3-5-7-13/h2-9,12,17H,1,10-11H2,(H,18,19,20). The van der Waals surface area contributed by atoms with Crippen LogP contribution in [0.1, 0.15) is 5.56 Å². The van der Waals surface area contributed by atoms with Gasteiger partial charge in [0.2, 0.25) is 5.91 Å². The summed E-state index contributed by atoms with van der Waals surface area (Å²) >= 11 is 0. The first-order chi connectivity index (χ1) is 9.78. The molecular weight excluding hydrogens is 250 g/mol. The van der Waals surface area contributed by atoms with Crippen LogP contribution in [0.5, 0.6) is 0 Å². The van der Waals surface area contributed by atoms with Crippen LogP contribution in [0.15, 0.2) is 61.3 Å². The second-order valence-electron chi connectivity index (χ2n) is 4.31. The zero-order chi connectivity index (χ0) is 14.2. The normalized spacial score (nSPS) is 9.80. The number of carbonyl (C=O) groups is 1. The molecule has 0 unspecified atom stereocenters. The third-order valence-electron chi connectivity index (χ3n) is 2.69. The molecule has 2 rings (SSSR count). The maximum Gasteiger partial charge on any atom is 0.229 e. The molecule has 20 heavy (non-hydrogen) atoms. The number of nitrogens with zero attached hydrogens (tertiary/aromatic N) is 1. The molecule has 102 valence electrons. The van der Waals surface area contributed by atoms with Crippen LogP contribution >= 0.6 is 0 Å². The molecule has 0 saturated heterocycles. The van der Waals surface area contributed by atoms with Crippen molar-refractivity contribution in [3.63, 3.8) is 0 Å². The molecule has 0 aliphatic heterocycles. The monoisotopic (exact) mass is 267 g/mol. The van der Waals surface area contributed by atoms with Gasteiger partial charge in [-0.1, -0.05) is 36.4 Å². The van der Waals surface area contributed by atoms with Crippen molar-refractivity contribution in [2.75, 3.05) is 17.2 Å². The quantitative estimate of drug-likeness (QED) is 0.791. The van der Waals surface area contributed by atoms with Gasteiger partial charge in [-0.05, 0) is 17.7 Å². The van der Waals surface area contributed by atoms with Gasteiger partial charge < -0.3 is 10.6 Å². The molecule has 1 amide bonds. The molecule has 0 bridgehead atoms. The lowest BCUT2D eigenvalue weighted by atomic mass is 10.1. The van der Waals surface area contributed by atoms with Crippen LogP contribution in [0.3, 0.4) is 0 Å². The molecule has 1 heterocycles. The summed E-state index contributed by atoms with van der Waals surface area (Å²) in [6, 6.07) is 13.3. The summed E-state index contributed by atoms with van der Waals surface area (Å²) in [4.78, 5) is 16.0. The molecule has 4 nitrogen and oxygen atoms in total. The maximum absolute atomic E-state index is 11.9. The van der Waals surface area contributed by atoms with E-state index in [0.29, 0.717) is 18.8 Å². The van der Waals surface area contributed by atoms with E-state index in [-0.39, 0.29) is 5.91 Å². The molecular formula is C16H17N3O. The highest BCUT2D eigenvalue weighted by Crippen LogP contribution is 2.10. The van der Waals surface area contributed by atoms with Gasteiger partial charge in [-0.2, -0.15) is 0 Å². The number of benzene rings is 1. The van der Waals surface area contributed by atoms with E-state index in [4.69, 9.17) is 0 Å². The first-order valence-electron chi connectivity index (χ1n) is 6.42. The van der Waals surface area contributed by atoms with Crippen LogP contribution in [-0.4, -0.2) is 17.4 Å². The molecule has 0 atom stereocenters. The van der Waals surface area contributed by atoms with Crippen LogP contribution in [0, 0.1) is 0 Å². The van der Waals surface area contributed by atoms with Gasteiger partial charge in [0.1, 0.15) is 5.82 Å². The summed E-state index contributed by atoms with van der Waals surface area (Å²) < 4.78 is 0. The summed E-state index contributed by atoms with van der Waals surface area (Å²) in [5.74, 6) is 0.477. The third kappa shape index (κ3) is 4.24. The number of rotatable bonds is 6. The average molecular weight is 267 g/mol. The van der Waals surface area contributed by atoms with E-state index >= 15 is 0 Å². The SMILES string of the molecule is C=CCNc1ccc(NC(=O)Cc2ccccc2)nc1. The van der Waals surface area contributed by atoms with Gasteiger partial charge >= 0.3 is 0 Å². The Hall–Kier alpha value is -2.62. The van der Waals surface area contributed by atoms with Gasteiger partial charge in [0.05, 0.1) is 18.3 Å². The van der Waals surface area contributed by atoms with Crippen molar-refractivity contribution in [2.45, 2.75) is 6.42 Å². The van der Waals surface area contributed by atoms with Gasteiger partial charge in [-0.25, -0.2) is 4.98 Å². The van der Waals surface area contributed by atoms with Crippen LogP contribution in [0.2, 0.25) is 0 Å². The fourth-order valence-electron chi connectivity index (χ4n) is 1.73. The molecule has 0 aliphatic carbocycles. The number of nitrogens with one attached hydrogen (secondary N) is 2. The largest absolute Gasteiger partial charge is 0.380 e. The minimum Gasteiger partial charge on any atom is -0.380 e. The Morgan fingerprint density at radius 3 is 2.65 bits per heavy atom. The van der Waals surface area contributed by atoms with Crippen LogP contribution in [-0.2, 0) is 11.2 Å². The fraction of sp³-hybridized carbons (Fsp3) is 0.125. The molecule has 0 radical (unpaired) electrons. The second-order valence-corrected chi connectivity index (χ2v) is 4.31. The lowest BCUT2D eigenvalue weighted by Gasteiger charge is -2.06. The van der Waals surface area contributed by atoms with Crippen molar-refractivity contribution in [1.29, 1.82) is 0 Å². The molecule has 1 aromatic carbocycles. The van der Waals surface area contributed by atoms with Crippen molar-refractivity contribution < 1.29 is 4.79 Å². The van der Waals surface area contributed by atoms with E-state index in [9.17, 15) is 4.79 Å². The number of pyridine rings is 1. The van der Waals surface area contributed by atoms with Crippen LogP contribution < -0.4 is 10.6 Å². The number of carbonyl (C=O) groups excluding carboxylic acids is 1. The van der Waals surface area contributed by atoms with Crippen LogP contribution in [0.4, 0.5) is 11.5 Å². The first kappa shape index (κ1) is 13.8. The van der Waals surface area contributed by atoms with Crippen molar-refractivity contribution in [1.82, 2.24) is 4.98 Å². The molecule has 0 saturated carbocycles. The highest BCUT2D eigenvalue weighted by Gasteiger charge is 2.04. The fourth-order valence-corrected chi connectivity index (χ4v) is 1.73. The predicted molar refractivity (Wildman–Crippen MR) is 81.7 cm³/mol. The molecule has 0 aliphatic rings. The number of hydrogen-bond donors (Lipinski definition) is 2. The van der Waals surface area contributed by atoms with Gasteiger partial charge in [0.25, 0.3) is 0 Å². The average Bonchev–Trinajstić information content (AvgIpc) is 2.47. The van der Waals surface area contributed by atoms with E-state index in [1.54, 1.807) is 18.3 Å². The molecule has 1 aromatic heterocycles. The van der Waals surface area contributed by atoms with Gasteiger partial charge in [0.15, 0.2) is 0 Å². The molecule has 0 spiro atoms. The van der Waals surface area contributed by atoms with E-state index in [0.717, 1.165) is 11.3 Å². The topological polar surface area (TPSA) is 54.0 Å². The second kappa shape index (κ2) is 7.09. The Morgan fingerprint density at radius 2 is 2.00 bits per heavy atom. The molecule has 2 N–H and O–H groups in total. The lowest BCUT2D eigenvalue weighted by molar-refractivity contribution is -0.115. The highest BCUT2D eigenvalue weighted by molar-refractivity contribution is 5.91. The summed E-state index contributed by atoms with van der Waals surface area (Å²) in [6.07, 6.45) is 3.80. The van der Waals surface area contributed by atoms with Crippen molar-refractivity contribution in [3.05, 3.63) is 66.9 Å². The minimum atomic E-state index is -0.0736. The van der Waals surface area contributed by atoms with E-state index in [1.807, 2.05) is 36.4 Å². The zero-order valence-corrected chi connectivity index (χ0v) is 11.2. The van der Waals surface area contributed by atoms with Crippen molar-refractivity contribution >= 4 is 17.4 Å². The predicted octanol–water partition coefficient (Wildman–Crippen LogP) is 2.86. The minimum absolute atomic E-state index is 0.0736. The van der Waals surface area contributed by atoms with Crippen LogP contribution in [0.25, 0.3) is 0 Å². The first-order valence-corrected chi connectivity index (χ1v) is 6.42. The third-order valence-corrected chi connectivity index (χ3v) is 2.69. The Balaban J connectivity index is 1.89. The van der Waals surface area contributed by atoms with Gasteiger partial charge in [-0.3, -0.25) is 4.79 Å². The Bertz CT molecular complexity index is 564. The number of amides is 1. The van der Waals surface area contributed by atoms with Crippen molar-refractivity contribution in [2.24, 2.45) is 0 Å². The van der Waals surface area contributed by atoms with Gasteiger partial charge in [-0.15, -0.1) is 6.58 Å². The summed E-state index contributed by atoms with van der Waals surface area (Å²) in [7, 11) is 0. The number of hydrogen-bond acceptors (Lipinski definition) is 3. The lowest BCUT2D eigenvalue weighted by Crippen LogP contribution is -2.15. The smallest absolute Gasteiger partial charge is 0.229 e. The van der Waals surface area contributed by atoms with E-state index in [1.165, 1.54) is 0 Å². The number of anilines is 2. The molecule has 2 aromatic rings. The molecule has 4 heteroatoms. The Morgan fingerprint density at radius 1 is 1.20 bits per heavy atom. The van der Waals surface area contributed by atoms with Gasteiger partial charge in [0, 0.05) is 6.54 Å². The van der Waals surface area contributed by atoms with Crippen molar-refractivity contribution in [3.8, 4) is 0 Å². The van der Waals surface area contributed by atoms with E-state index in [2.05, 4.69) is 22.2 Å². The van der Waals surface area contributed by atoms with E-state index < -0.39 is 0 Å². The summed E-state index contributed by atoms with van der Waals surface area (Å²) in [5, 5.41) is 5.90. The summed E-state index contributed by atoms with van der Waals surface area (Å²) in [6.45, 7) is 4.31. The Labute approximate surface area is 118 Å². The highest BCUT2D eigenvalue weighted by atomic mass is 16.1. The Kier molecular flexibility index (Phi) is 4.89. The summed E-state index contributed by atoms with van der Waals surface area (Å²) in [5.41, 5.74) is 1.88. The zero-order valence-electron chi connectivity index (χ0n) is 11.2. The molecule has 0 fully saturated rings. The maximum atomic E-state index is 11.9. The number of aromatic nitrogens is 1.